The van der Waals surface area contributed by atoms with E-state index in [1.807, 2.05) is 0 Å². The molecule has 1 heterocycles. The number of likely N-dealkylation sites (tertiary alicyclic amines) is 1. The van der Waals surface area contributed by atoms with E-state index in [2.05, 4.69) is 18.7 Å². The van der Waals surface area contributed by atoms with Gasteiger partial charge in [-0.25, -0.2) is 4.79 Å². The van der Waals surface area contributed by atoms with Crippen LogP contribution in [0.5, 0.6) is 0 Å². The predicted molar refractivity (Wildman–Crippen MR) is 65.0 cm³/mol. The van der Waals surface area contributed by atoms with Gasteiger partial charge in [-0.3, -0.25) is 4.90 Å². The summed E-state index contributed by atoms with van der Waals surface area (Å²) >= 11 is 0. The van der Waals surface area contributed by atoms with Crippen molar-refractivity contribution in [2.45, 2.75) is 51.7 Å². The van der Waals surface area contributed by atoms with E-state index in [4.69, 9.17) is 9.84 Å². The molecule has 2 aliphatic rings. The fourth-order valence-electron chi connectivity index (χ4n) is 2.67. The summed E-state index contributed by atoms with van der Waals surface area (Å²) in [5, 5.41) is 8.56. The molecular weight excluding hydrogens is 218 g/mol. The van der Waals surface area contributed by atoms with Gasteiger partial charge in [0.1, 0.15) is 6.61 Å². The number of hydrogen-bond acceptors (Lipinski definition) is 3. The highest BCUT2D eigenvalue weighted by atomic mass is 16.5. The number of piperidine rings is 1. The number of carboxylic acids is 1. The van der Waals surface area contributed by atoms with E-state index >= 15 is 0 Å². The Kier molecular flexibility index (Phi) is 3.73. The van der Waals surface area contributed by atoms with Crippen molar-refractivity contribution in [1.82, 2.24) is 4.90 Å². The number of carbonyl (C=O) groups is 1. The van der Waals surface area contributed by atoms with Crippen molar-refractivity contribution < 1.29 is 14.6 Å². The summed E-state index contributed by atoms with van der Waals surface area (Å²) in [6.45, 7) is 6.62. The minimum Gasteiger partial charge on any atom is -0.480 e. The second-order valence-corrected chi connectivity index (χ2v) is 5.77. The third-order valence-electron chi connectivity index (χ3n) is 4.51. The van der Waals surface area contributed by atoms with Crippen LogP contribution in [-0.2, 0) is 9.53 Å². The van der Waals surface area contributed by atoms with Gasteiger partial charge in [0.2, 0.25) is 0 Å². The monoisotopic (exact) mass is 241 g/mol. The standard InChI is InChI=1S/C13H23NO3/c1-10(13(2)5-6-13)14-7-3-11(4-8-14)17-9-12(15)16/h10-11H,3-9H2,1-2H3,(H,15,16). The van der Waals surface area contributed by atoms with Crippen LogP contribution in [0.15, 0.2) is 0 Å². The van der Waals surface area contributed by atoms with Crippen LogP contribution in [0.2, 0.25) is 0 Å². The number of carboxylic acid groups (broad SMARTS) is 1. The van der Waals surface area contributed by atoms with Crippen LogP contribution in [0.25, 0.3) is 0 Å². The number of aliphatic carboxylic acids is 1. The minimum absolute atomic E-state index is 0.140. The zero-order chi connectivity index (χ0) is 12.5. The molecule has 1 saturated carbocycles. The van der Waals surface area contributed by atoms with E-state index in [9.17, 15) is 4.79 Å². The first-order valence-corrected chi connectivity index (χ1v) is 6.59. The molecule has 1 unspecified atom stereocenters. The lowest BCUT2D eigenvalue weighted by molar-refractivity contribution is -0.145. The summed E-state index contributed by atoms with van der Waals surface area (Å²) in [7, 11) is 0. The molecular formula is C13H23NO3. The molecule has 4 heteroatoms. The van der Waals surface area contributed by atoms with Gasteiger partial charge < -0.3 is 9.84 Å². The van der Waals surface area contributed by atoms with E-state index in [1.165, 1.54) is 12.8 Å². The molecule has 0 aromatic heterocycles. The Bertz CT molecular complexity index is 280. The average molecular weight is 241 g/mol. The van der Waals surface area contributed by atoms with E-state index in [1.54, 1.807) is 0 Å². The first-order chi connectivity index (χ1) is 8.01. The Morgan fingerprint density at radius 2 is 2.06 bits per heavy atom. The Hall–Kier alpha value is -0.610. The van der Waals surface area contributed by atoms with Crippen molar-refractivity contribution in [2.75, 3.05) is 19.7 Å². The molecule has 1 aliphatic carbocycles. The Labute approximate surface area is 103 Å². The van der Waals surface area contributed by atoms with Crippen molar-refractivity contribution in [3.63, 3.8) is 0 Å². The van der Waals surface area contributed by atoms with E-state index < -0.39 is 5.97 Å². The summed E-state index contributed by atoms with van der Waals surface area (Å²) in [5.74, 6) is -0.869. The Morgan fingerprint density at radius 3 is 2.53 bits per heavy atom. The zero-order valence-corrected chi connectivity index (χ0v) is 10.8. The maximum atomic E-state index is 10.4. The molecule has 1 aliphatic heterocycles. The highest BCUT2D eigenvalue weighted by Gasteiger charge is 2.45. The normalized spacial score (nSPS) is 26.7. The van der Waals surface area contributed by atoms with Crippen molar-refractivity contribution >= 4 is 5.97 Å². The van der Waals surface area contributed by atoms with Gasteiger partial charge in [0.25, 0.3) is 0 Å². The van der Waals surface area contributed by atoms with Gasteiger partial charge in [0, 0.05) is 19.1 Å². The van der Waals surface area contributed by atoms with E-state index in [0.29, 0.717) is 11.5 Å². The first-order valence-electron chi connectivity index (χ1n) is 6.59. The van der Waals surface area contributed by atoms with Crippen LogP contribution in [-0.4, -0.2) is 47.8 Å². The number of rotatable bonds is 5. The van der Waals surface area contributed by atoms with E-state index in [0.717, 1.165) is 25.9 Å². The van der Waals surface area contributed by atoms with Crippen molar-refractivity contribution in [3.05, 3.63) is 0 Å². The molecule has 17 heavy (non-hydrogen) atoms. The van der Waals surface area contributed by atoms with E-state index in [-0.39, 0.29) is 12.7 Å². The molecule has 4 nitrogen and oxygen atoms in total. The molecule has 98 valence electrons. The highest BCUT2D eigenvalue weighted by molar-refractivity contribution is 5.68. The quantitative estimate of drug-likeness (QED) is 0.796. The molecule has 2 fully saturated rings. The smallest absolute Gasteiger partial charge is 0.329 e. The SMILES string of the molecule is CC(N1CCC(OCC(=O)O)CC1)C1(C)CC1. The van der Waals surface area contributed by atoms with Crippen LogP contribution in [0.3, 0.4) is 0 Å². The van der Waals surface area contributed by atoms with Crippen molar-refractivity contribution in [3.8, 4) is 0 Å². The number of hydrogen-bond donors (Lipinski definition) is 1. The van der Waals surface area contributed by atoms with Crippen LogP contribution >= 0.6 is 0 Å². The van der Waals surface area contributed by atoms with Crippen LogP contribution in [0, 0.1) is 5.41 Å². The lowest BCUT2D eigenvalue weighted by Gasteiger charge is -2.38. The number of nitrogens with zero attached hydrogens (tertiary/aromatic N) is 1. The molecule has 0 aromatic rings. The average Bonchev–Trinajstić information content (AvgIpc) is 3.06. The fourth-order valence-corrected chi connectivity index (χ4v) is 2.67. The zero-order valence-electron chi connectivity index (χ0n) is 10.8. The van der Waals surface area contributed by atoms with Gasteiger partial charge in [-0.05, 0) is 38.0 Å². The summed E-state index contributed by atoms with van der Waals surface area (Å²) in [5.41, 5.74) is 0.536. The molecule has 1 N–H and O–H groups in total. The van der Waals surface area contributed by atoms with Gasteiger partial charge >= 0.3 is 5.97 Å². The van der Waals surface area contributed by atoms with Crippen molar-refractivity contribution in [2.24, 2.45) is 5.41 Å². The molecule has 2 rings (SSSR count). The van der Waals surface area contributed by atoms with Crippen LogP contribution in [0.1, 0.15) is 39.5 Å². The topological polar surface area (TPSA) is 49.8 Å². The second-order valence-electron chi connectivity index (χ2n) is 5.77. The molecule has 0 bridgehead atoms. The van der Waals surface area contributed by atoms with Gasteiger partial charge in [-0.1, -0.05) is 6.92 Å². The highest BCUT2D eigenvalue weighted by Crippen LogP contribution is 2.50. The van der Waals surface area contributed by atoms with Crippen LogP contribution < -0.4 is 0 Å². The van der Waals surface area contributed by atoms with Gasteiger partial charge in [0.05, 0.1) is 6.10 Å². The van der Waals surface area contributed by atoms with Crippen molar-refractivity contribution in [1.29, 1.82) is 0 Å². The summed E-state index contributed by atoms with van der Waals surface area (Å²) < 4.78 is 5.35. The Balaban J connectivity index is 1.72. The maximum absolute atomic E-state index is 10.4. The molecule has 1 saturated heterocycles. The lowest BCUT2D eigenvalue weighted by atomic mass is 9.96. The fraction of sp³-hybridized carbons (Fsp3) is 0.923. The lowest BCUT2D eigenvalue weighted by Crippen LogP contribution is -2.45. The molecule has 0 radical (unpaired) electrons. The third kappa shape index (κ3) is 3.19. The van der Waals surface area contributed by atoms with Crippen LogP contribution in [0.4, 0.5) is 0 Å². The first kappa shape index (κ1) is 12.8. The minimum atomic E-state index is -0.869. The molecule has 0 aromatic carbocycles. The summed E-state index contributed by atoms with van der Waals surface area (Å²) in [6, 6.07) is 0.655. The van der Waals surface area contributed by atoms with Gasteiger partial charge in [-0.15, -0.1) is 0 Å². The van der Waals surface area contributed by atoms with Gasteiger partial charge in [0.15, 0.2) is 0 Å². The summed E-state index contributed by atoms with van der Waals surface area (Å²) in [6.07, 6.45) is 4.77. The third-order valence-corrected chi connectivity index (χ3v) is 4.51. The van der Waals surface area contributed by atoms with Gasteiger partial charge in [-0.2, -0.15) is 0 Å². The number of ether oxygens (including phenoxy) is 1. The molecule has 0 amide bonds. The maximum Gasteiger partial charge on any atom is 0.329 e. The molecule has 1 atom stereocenters. The molecule has 0 spiro atoms. The summed E-state index contributed by atoms with van der Waals surface area (Å²) in [4.78, 5) is 13.0. The second kappa shape index (κ2) is 4.94. The predicted octanol–water partition coefficient (Wildman–Crippen LogP) is 1.74. The largest absolute Gasteiger partial charge is 0.480 e. The Morgan fingerprint density at radius 1 is 1.47 bits per heavy atom.